The lowest BCUT2D eigenvalue weighted by atomic mass is 9.95. The number of hydrogen-bond donors (Lipinski definition) is 1. The summed E-state index contributed by atoms with van der Waals surface area (Å²) in [6.45, 7) is 5.70. The Hall–Kier alpha value is -2.67. The van der Waals surface area contributed by atoms with E-state index in [9.17, 15) is 14.4 Å². The molecular weight excluding hydrogens is 366 g/mol. The van der Waals surface area contributed by atoms with Gasteiger partial charge in [0.2, 0.25) is 0 Å². The van der Waals surface area contributed by atoms with Crippen molar-refractivity contribution in [1.29, 1.82) is 0 Å². The number of rotatable bonds is 4. The van der Waals surface area contributed by atoms with Crippen molar-refractivity contribution < 1.29 is 23.9 Å². The number of cyclic esters (lactones) is 1. The number of methoxy groups -OCH3 is 1. The number of hydrogen-bond acceptors (Lipinski definition) is 6. The van der Waals surface area contributed by atoms with Crippen LogP contribution in [0.5, 0.6) is 0 Å². The molecule has 0 radical (unpaired) electrons. The molecule has 0 fully saturated rings. The zero-order valence-corrected chi connectivity index (χ0v) is 16.5. The van der Waals surface area contributed by atoms with E-state index in [2.05, 4.69) is 5.32 Å². The van der Waals surface area contributed by atoms with E-state index in [1.54, 1.807) is 13.0 Å². The van der Waals surface area contributed by atoms with E-state index in [1.165, 1.54) is 18.4 Å². The van der Waals surface area contributed by atoms with Gasteiger partial charge in [-0.05, 0) is 43.0 Å². The number of esters is 2. The fourth-order valence-electron chi connectivity index (χ4n) is 3.07. The molecule has 142 valence electrons. The predicted molar refractivity (Wildman–Crippen MR) is 102 cm³/mol. The number of carbonyl (C=O) groups excluding carboxylic acids is 3. The van der Waals surface area contributed by atoms with Gasteiger partial charge in [-0.1, -0.05) is 19.1 Å². The van der Waals surface area contributed by atoms with E-state index in [0.717, 1.165) is 28.0 Å². The van der Waals surface area contributed by atoms with Gasteiger partial charge in [0.25, 0.3) is 5.91 Å². The third kappa shape index (κ3) is 3.60. The molecule has 1 atom stereocenters. The van der Waals surface area contributed by atoms with Crippen molar-refractivity contribution in [3.8, 4) is 0 Å². The molecule has 1 aromatic carbocycles. The van der Waals surface area contributed by atoms with Gasteiger partial charge in [-0.3, -0.25) is 4.79 Å². The summed E-state index contributed by atoms with van der Waals surface area (Å²) >= 11 is 1.30. The fourth-order valence-corrected chi connectivity index (χ4v) is 4.12. The number of thiophene rings is 1. The van der Waals surface area contributed by atoms with Crippen LogP contribution in [-0.2, 0) is 27.1 Å². The van der Waals surface area contributed by atoms with E-state index in [0.29, 0.717) is 22.5 Å². The number of fused-ring (bicyclic) bond motifs is 1. The number of benzene rings is 1. The molecule has 0 saturated heterocycles. The maximum atomic E-state index is 12.7. The van der Waals surface area contributed by atoms with E-state index in [4.69, 9.17) is 9.47 Å². The zero-order chi connectivity index (χ0) is 19.7. The van der Waals surface area contributed by atoms with Gasteiger partial charge < -0.3 is 14.8 Å². The Balaban J connectivity index is 1.85. The second-order valence-electron chi connectivity index (χ2n) is 6.41. The Morgan fingerprint density at radius 1 is 1.33 bits per heavy atom. The van der Waals surface area contributed by atoms with Crippen LogP contribution < -0.4 is 5.32 Å². The van der Waals surface area contributed by atoms with Crippen LogP contribution in [0.4, 0.5) is 5.00 Å². The van der Waals surface area contributed by atoms with Crippen molar-refractivity contribution in [2.45, 2.75) is 39.7 Å². The van der Waals surface area contributed by atoms with Crippen LogP contribution in [-0.4, -0.2) is 31.1 Å². The maximum absolute atomic E-state index is 12.7. The van der Waals surface area contributed by atoms with E-state index >= 15 is 0 Å². The second kappa shape index (κ2) is 7.52. The van der Waals surface area contributed by atoms with E-state index < -0.39 is 23.9 Å². The Morgan fingerprint density at radius 2 is 2.07 bits per heavy atom. The highest BCUT2D eigenvalue weighted by molar-refractivity contribution is 7.16. The second-order valence-corrected chi connectivity index (χ2v) is 7.64. The fraction of sp³-hybridized carbons (Fsp3) is 0.350. The molecule has 1 unspecified atom stereocenters. The first kappa shape index (κ1) is 19.1. The Kier molecular flexibility index (Phi) is 5.32. The van der Waals surface area contributed by atoms with Crippen LogP contribution >= 0.6 is 11.3 Å². The molecule has 1 aromatic heterocycles. The number of anilines is 1. The quantitative estimate of drug-likeness (QED) is 0.813. The normalized spacial score (nSPS) is 15.7. The molecule has 3 rings (SSSR count). The van der Waals surface area contributed by atoms with Gasteiger partial charge >= 0.3 is 11.9 Å². The molecule has 6 nitrogen and oxygen atoms in total. The lowest BCUT2D eigenvalue weighted by Gasteiger charge is -2.24. The summed E-state index contributed by atoms with van der Waals surface area (Å²) in [5.41, 5.74) is 3.50. The van der Waals surface area contributed by atoms with Crippen LogP contribution in [0.15, 0.2) is 18.2 Å². The highest BCUT2D eigenvalue weighted by Crippen LogP contribution is 2.33. The van der Waals surface area contributed by atoms with Crippen molar-refractivity contribution in [1.82, 2.24) is 0 Å². The standard InChI is InChI=1S/C20H21NO5S/c1-5-12-6-7-14-13(8-12)9-15(26-19(14)23)17(22)21-18-16(20(24)25-4)10(2)11(3)27-18/h6-8,15H,5,9H2,1-4H3,(H,21,22). The summed E-state index contributed by atoms with van der Waals surface area (Å²) in [6.07, 6.45) is 0.206. The highest BCUT2D eigenvalue weighted by Gasteiger charge is 2.32. The number of aryl methyl sites for hydroxylation is 2. The number of carbonyl (C=O) groups is 3. The van der Waals surface area contributed by atoms with Crippen LogP contribution in [0.3, 0.4) is 0 Å². The average molecular weight is 387 g/mol. The number of nitrogens with one attached hydrogen (secondary N) is 1. The summed E-state index contributed by atoms with van der Waals surface area (Å²) in [5, 5.41) is 3.15. The molecular formula is C20H21NO5S. The topological polar surface area (TPSA) is 81.7 Å². The van der Waals surface area contributed by atoms with Gasteiger partial charge in [0, 0.05) is 11.3 Å². The zero-order valence-electron chi connectivity index (χ0n) is 15.7. The van der Waals surface area contributed by atoms with E-state index in [-0.39, 0.29) is 0 Å². The van der Waals surface area contributed by atoms with Gasteiger partial charge in [-0.15, -0.1) is 11.3 Å². The first-order chi connectivity index (χ1) is 12.8. The van der Waals surface area contributed by atoms with Crippen LogP contribution in [0, 0.1) is 13.8 Å². The molecule has 0 aliphatic carbocycles. The maximum Gasteiger partial charge on any atom is 0.341 e. The molecule has 1 aliphatic heterocycles. The molecule has 27 heavy (non-hydrogen) atoms. The highest BCUT2D eigenvalue weighted by atomic mass is 32.1. The van der Waals surface area contributed by atoms with Gasteiger partial charge in [0.1, 0.15) is 5.00 Å². The molecule has 0 bridgehead atoms. The number of amides is 1. The van der Waals surface area contributed by atoms with Gasteiger partial charge in [-0.2, -0.15) is 0 Å². The number of ether oxygens (including phenoxy) is 2. The first-order valence-electron chi connectivity index (χ1n) is 8.67. The SMILES string of the molecule is CCc1ccc2c(c1)CC(C(=O)Nc1sc(C)c(C)c1C(=O)OC)OC2=O. The molecule has 1 aliphatic rings. The first-order valence-corrected chi connectivity index (χ1v) is 9.49. The van der Waals surface area contributed by atoms with Crippen molar-refractivity contribution in [2.75, 3.05) is 12.4 Å². The molecule has 0 spiro atoms. The van der Waals surface area contributed by atoms with Crippen molar-refractivity contribution in [3.05, 3.63) is 50.9 Å². The van der Waals surface area contributed by atoms with Crippen molar-refractivity contribution in [2.24, 2.45) is 0 Å². The summed E-state index contributed by atoms with van der Waals surface area (Å²) < 4.78 is 10.1. The van der Waals surface area contributed by atoms with Crippen molar-refractivity contribution in [3.63, 3.8) is 0 Å². The van der Waals surface area contributed by atoms with Gasteiger partial charge in [0.15, 0.2) is 6.10 Å². The lowest BCUT2D eigenvalue weighted by Crippen LogP contribution is -2.38. The Labute approximate surface area is 161 Å². The third-order valence-corrected chi connectivity index (χ3v) is 5.88. The Morgan fingerprint density at radius 3 is 2.74 bits per heavy atom. The monoisotopic (exact) mass is 387 g/mol. The van der Waals surface area contributed by atoms with E-state index in [1.807, 2.05) is 26.0 Å². The van der Waals surface area contributed by atoms with Crippen LogP contribution in [0.2, 0.25) is 0 Å². The third-order valence-electron chi connectivity index (χ3n) is 4.76. The Bertz CT molecular complexity index is 931. The molecule has 0 saturated carbocycles. The van der Waals surface area contributed by atoms with Crippen LogP contribution in [0.1, 0.15) is 49.2 Å². The molecule has 7 heteroatoms. The average Bonchev–Trinajstić information content (AvgIpc) is 2.93. The summed E-state index contributed by atoms with van der Waals surface area (Å²) in [4.78, 5) is 38.0. The van der Waals surface area contributed by atoms with Gasteiger partial charge in [0.05, 0.1) is 18.2 Å². The smallest absolute Gasteiger partial charge is 0.341 e. The van der Waals surface area contributed by atoms with Crippen molar-refractivity contribution >= 4 is 34.2 Å². The molecule has 1 amide bonds. The summed E-state index contributed by atoms with van der Waals surface area (Å²) in [6, 6.07) is 5.57. The molecule has 2 heterocycles. The summed E-state index contributed by atoms with van der Waals surface area (Å²) in [7, 11) is 1.30. The predicted octanol–water partition coefficient (Wildman–Crippen LogP) is 3.43. The lowest BCUT2D eigenvalue weighted by molar-refractivity contribution is -0.125. The minimum atomic E-state index is -0.940. The van der Waals surface area contributed by atoms with Gasteiger partial charge in [-0.25, -0.2) is 9.59 Å². The minimum Gasteiger partial charge on any atom is -0.465 e. The molecule has 2 aromatic rings. The minimum absolute atomic E-state index is 0.303. The van der Waals surface area contributed by atoms with Crippen LogP contribution in [0.25, 0.3) is 0 Å². The summed E-state index contributed by atoms with van der Waals surface area (Å²) in [5.74, 6) is -1.47. The molecule has 1 N–H and O–H groups in total. The largest absolute Gasteiger partial charge is 0.465 e.